The number of hydrogen-bond acceptors (Lipinski definition) is 8. The summed E-state index contributed by atoms with van der Waals surface area (Å²) in [6.07, 6.45) is 0.958. The number of pyridine rings is 2. The molecule has 0 aliphatic heterocycles. The maximum Gasteiger partial charge on any atom is 0.413 e. The SMILES string of the molecule is [B]C([B])([B])N(c1ccc(-c2nnn(C)c2NC(=O)O[C@H](C)c2cccnc2Cl)nc1C)S(C)(=O)=O. The summed E-state index contributed by atoms with van der Waals surface area (Å²) >= 11 is 6.06. The smallest absolute Gasteiger partial charge is 0.413 e. The molecule has 3 rings (SSSR count). The first kappa shape index (κ1) is 26.5. The molecule has 176 valence electrons. The second kappa shape index (κ2) is 9.90. The fraction of sp³-hybridized carbons (Fsp3) is 0.316. The van der Waals surface area contributed by atoms with Gasteiger partial charge in [-0.15, -0.1) is 5.10 Å². The van der Waals surface area contributed by atoms with Crippen LogP contribution in [0.3, 0.4) is 0 Å². The largest absolute Gasteiger partial charge is 0.441 e. The monoisotopic (exact) mass is 509 g/mol. The van der Waals surface area contributed by atoms with Gasteiger partial charge in [0.1, 0.15) is 11.3 Å². The molecule has 1 amide bonds. The van der Waals surface area contributed by atoms with E-state index in [1.54, 1.807) is 33.0 Å². The molecule has 0 aromatic carbocycles. The van der Waals surface area contributed by atoms with Crippen LogP contribution in [0.2, 0.25) is 5.15 Å². The average Bonchev–Trinajstić information content (AvgIpc) is 3.07. The number of nitrogens with one attached hydrogen (secondary N) is 1. The summed E-state index contributed by atoms with van der Waals surface area (Å²) in [5.74, 6) is 0.185. The Morgan fingerprint density at radius 2 is 1.97 bits per heavy atom. The molecule has 0 aliphatic rings. The molecule has 0 saturated heterocycles. The van der Waals surface area contributed by atoms with E-state index in [9.17, 15) is 13.2 Å². The van der Waals surface area contributed by atoms with E-state index in [-0.39, 0.29) is 33.7 Å². The summed E-state index contributed by atoms with van der Waals surface area (Å²) in [7, 11) is 14.6. The maximum atomic E-state index is 12.6. The van der Waals surface area contributed by atoms with Gasteiger partial charge in [-0.1, -0.05) is 28.1 Å². The van der Waals surface area contributed by atoms with Crippen molar-refractivity contribution in [3.8, 4) is 11.4 Å². The van der Waals surface area contributed by atoms with E-state index in [0.717, 1.165) is 6.26 Å². The highest BCUT2D eigenvalue weighted by Gasteiger charge is 2.30. The Morgan fingerprint density at radius 1 is 1.29 bits per heavy atom. The van der Waals surface area contributed by atoms with Gasteiger partial charge < -0.3 is 4.74 Å². The molecule has 3 aromatic rings. The Bertz CT molecular complexity index is 1360. The number of aromatic nitrogens is 5. The standard InChI is InChI=1S/C19H19B3ClN7O4S/c1-10-14(30(19(20,21)22)35(4,32)33)8-7-13(25-10)15-17(29(3)28-27-15)26-18(31)34-11(2)12-6-5-9-24-16(12)23/h5-9,11H,1-4H3,(H,26,31)/t11-/m1/s1. The average molecular weight is 509 g/mol. The first-order chi connectivity index (χ1) is 16.2. The number of ether oxygens (including phenoxy) is 1. The second-order valence-electron chi connectivity index (χ2n) is 7.68. The van der Waals surface area contributed by atoms with Crippen LogP contribution in [0.4, 0.5) is 16.3 Å². The Kier molecular flexibility index (Phi) is 7.51. The van der Waals surface area contributed by atoms with Crippen LogP contribution in [0.15, 0.2) is 30.5 Å². The van der Waals surface area contributed by atoms with Crippen molar-refractivity contribution in [2.45, 2.75) is 25.2 Å². The zero-order chi connectivity index (χ0) is 26.1. The Morgan fingerprint density at radius 3 is 2.54 bits per heavy atom. The Labute approximate surface area is 211 Å². The number of hydrogen-bond donors (Lipinski definition) is 1. The lowest BCUT2D eigenvalue weighted by atomic mass is 9.49. The van der Waals surface area contributed by atoms with Gasteiger partial charge in [-0.3, -0.25) is 9.62 Å². The number of halogens is 1. The van der Waals surface area contributed by atoms with Crippen LogP contribution >= 0.6 is 11.6 Å². The van der Waals surface area contributed by atoms with Gasteiger partial charge in [-0.25, -0.2) is 27.9 Å². The number of carbonyl (C=O) groups excluding carboxylic acids is 1. The lowest BCUT2D eigenvalue weighted by Crippen LogP contribution is -2.54. The van der Waals surface area contributed by atoms with Crippen molar-refractivity contribution in [3.05, 3.63) is 46.9 Å². The lowest BCUT2D eigenvalue weighted by molar-refractivity contribution is 0.121. The molecule has 0 aliphatic carbocycles. The molecular formula is C19H19B3ClN7O4S. The number of rotatable bonds is 7. The molecule has 6 radical (unpaired) electrons. The van der Waals surface area contributed by atoms with E-state index in [0.29, 0.717) is 9.87 Å². The first-order valence-corrected chi connectivity index (χ1v) is 12.3. The van der Waals surface area contributed by atoms with Gasteiger partial charge in [0.2, 0.25) is 10.0 Å². The molecule has 3 aromatic heterocycles. The van der Waals surface area contributed by atoms with Crippen molar-refractivity contribution in [2.75, 3.05) is 15.9 Å². The number of nitrogens with zero attached hydrogens (tertiary/aromatic N) is 6. The zero-order valence-electron chi connectivity index (χ0n) is 19.3. The van der Waals surface area contributed by atoms with Gasteiger partial charge in [0.25, 0.3) is 0 Å². The summed E-state index contributed by atoms with van der Waals surface area (Å²) < 4.78 is 31.8. The highest BCUT2D eigenvalue weighted by molar-refractivity contribution is 7.92. The minimum Gasteiger partial charge on any atom is -0.441 e. The molecule has 0 saturated carbocycles. The molecule has 0 spiro atoms. The van der Waals surface area contributed by atoms with Crippen molar-refractivity contribution in [1.29, 1.82) is 0 Å². The van der Waals surface area contributed by atoms with Crippen LogP contribution in [0.5, 0.6) is 0 Å². The third-order valence-corrected chi connectivity index (χ3v) is 6.25. The Balaban J connectivity index is 1.89. The predicted octanol–water partition coefficient (Wildman–Crippen LogP) is 1.43. The summed E-state index contributed by atoms with van der Waals surface area (Å²) in [4.78, 5) is 20.9. The molecule has 16 heteroatoms. The predicted molar refractivity (Wildman–Crippen MR) is 134 cm³/mol. The quantitative estimate of drug-likeness (QED) is 0.374. The number of amides is 1. The number of aryl methyl sites for hydroxylation is 2. The van der Waals surface area contributed by atoms with Crippen LogP contribution in [0.1, 0.15) is 24.3 Å². The molecular weight excluding hydrogens is 490 g/mol. The molecule has 3 heterocycles. The lowest BCUT2D eigenvalue weighted by Gasteiger charge is -2.37. The van der Waals surface area contributed by atoms with Crippen LogP contribution in [0.25, 0.3) is 11.4 Å². The van der Waals surface area contributed by atoms with Crippen molar-refractivity contribution in [3.63, 3.8) is 0 Å². The van der Waals surface area contributed by atoms with E-state index < -0.39 is 27.5 Å². The van der Waals surface area contributed by atoms with Gasteiger partial charge in [0, 0.05) is 18.8 Å². The minimum atomic E-state index is -3.93. The number of anilines is 2. The fourth-order valence-corrected chi connectivity index (χ4v) is 4.69. The van der Waals surface area contributed by atoms with Crippen molar-refractivity contribution < 1.29 is 17.9 Å². The molecule has 0 fully saturated rings. The van der Waals surface area contributed by atoms with Crippen LogP contribution in [-0.4, -0.2) is 74.5 Å². The summed E-state index contributed by atoms with van der Waals surface area (Å²) in [5, 5.41) is 8.58. The van der Waals surface area contributed by atoms with Crippen molar-refractivity contribution in [1.82, 2.24) is 25.0 Å². The summed E-state index contributed by atoms with van der Waals surface area (Å²) in [5.41, 5.74) is 1.33. The molecule has 1 N–H and O–H groups in total. The van der Waals surface area contributed by atoms with Crippen LogP contribution in [-0.2, 0) is 21.8 Å². The van der Waals surface area contributed by atoms with Gasteiger partial charge in [-0.05, 0) is 32.0 Å². The number of carbonyl (C=O) groups is 1. The topological polar surface area (TPSA) is 132 Å². The second-order valence-corrected chi connectivity index (χ2v) is 9.87. The highest BCUT2D eigenvalue weighted by atomic mass is 35.5. The van der Waals surface area contributed by atoms with E-state index in [4.69, 9.17) is 39.9 Å². The summed E-state index contributed by atoms with van der Waals surface area (Å²) in [6.45, 7) is 3.19. The minimum absolute atomic E-state index is 0.0729. The first-order valence-electron chi connectivity index (χ1n) is 10.0. The van der Waals surface area contributed by atoms with E-state index >= 15 is 0 Å². The number of sulfonamides is 1. The van der Waals surface area contributed by atoms with E-state index in [2.05, 4.69) is 25.6 Å². The highest BCUT2D eigenvalue weighted by Crippen LogP contribution is 2.31. The van der Waals surface area contributed by atoms with Gasteiger partial charge >= 0.3 is 6.09 Å². The van der Waals surface area contributed by atoms with Crippen molar-refractivity contribution >= 4 is 62.8 Å². The zero-order valence-corrected chi connectivity index (χ0v) is 20.9. The Hall–Kier alpha value is -3.06. The summed E-state index contributed by atoms with van der Waals surface area (Å²) in [6, 6.07) is 6.25. The van der Waals surface area contributed by atoms with Gasteiger partial charge in [0.05, 0.1) is 46.9 Å². The molecule has 0 unspecified atom stereocenters. The van der Waals surface area contributed by atoms with Crippen molar-refractivity contribution in [2.24, 2.45) is 7.05 Å². The normalized spacial score (nSPS) is 12.7. The molecule has 35 heavy (non-hydrogen) atoms. The molecule has 1 atom stereocenters. The molecule has 11 nitrogen and oxygen atoms in total. The van der Waals surface area contributed by atoms with Gasteiger partial charge in [-0.2, -0.15) is 0 Å². The van der Waals surface area contributed by atoms with E-state index in [1.165, 1.54) is 23.0 Å². The van der Waals surface area contributed by atoms with Gasteiger partial charge in [0.15, 0.2) is 11.5 Å². The van der Waals surface area contributed by atoms with Crippen LogP contribution in [0, 0.1) is 6.92 Å². The maximum absolute atomic E-state index is 12.6. The van der Waals surface area contributed by atoms with Crippen LogP contribution < -0.4 is 9.62 Å². The molecule has 0 bridgehead atoms. The third-order valence-electron chi connectivity index (χ3n) is 4.76. The fourth-order valence-electron chi connectivity index (χ4n) is 3.30. The van der Waals surface area contributed by atoms with E-state index in [1.807, 2.05) is 0 Å². The third kappa shape index (κ3) is 5.96.